The maximum atomic E-state index is 12.0. The van der Waals surface area contributed by atoms with E-state index in [0.717, 1.165) is 31.6 Å². The number of hydrogen-bond acceptors (Lipinski definition) is 9. The van der Waals surface area contributed by atoms with Gasteiger partial charge in [-0.15, -0.1) is 11.3 Å². The van der Waals surface area contributed by atoms with Gasteiger partial charge in [0.05, 0.1) is 18.3 Å². The molecule has 0 aromatic carbocycles. The van der Waals surface area contributed by atoms with Gasteiger partial charge in [-0.05, 0) is 31.9 Å². The minimum atomic E-state index is -0.271. The van der Waals surface area contributed by atoms with Crippen molar-refractivity contribution in [2.24, 2.45) is 0 Å². The van der Waals surface area contributed by atoms with E-state index < -0.39 is 0 Å². The minimum Gasteiger partial charge on any atom is -0.396 e. The third-order valence-electron chi connectivity index (χ3n) is 4.47. The standard InChI is InChI=1S/C18H23N7O2S/c19-5-9-25-8-1-3-13(11-25)14-4-7-21-17(22-14)24-18-23-15(12-28-18)16(27)20-6-2-10-26/h4,7,12-13,26H,1-3,6,8-11H2,(H,20,27)(H,21,22,23,24)/t13-/m1/s1. The van der Waals surface area contributed by atoms with Crippen molar-refractivity contribution >= 4 is 28.3 Å². The van der Waals surface area contributed by atoms with Crippen LogP contribution in [0.15, 0.2) is 17.6 Å². The van der Waals surface area contributed by atoms with Gasteiger partial charge in [0, 0.05) is 37.2 Å². The van der Waals surface area contributed by atoms with E-state index in [2.05, 4.69) is 36.6 Å². The van der Waals surface area contributed by atoms with E-state index in [1.807, 2.05) is 6.07 Å². The highest BCUT2D eigenvalue weighted by atomic mass is 32.1. The van der Waals surface area contributed by atoms with Crippen molar-refractivity contribution in [3.8, 4) is 6.07 Å². The smallest absolute Gasteiger partial charge is 0.270 e. The summed E-state index contributed by atoms with van der Waals surface area (Å²) in [6, 6.07) is 4.12. The molecule has 1 aliphatic rings. The molecular formula is C18H23N7O2S. The van der Waals surface area contributed by atoms with Gasteiger partial charge in [-0.2, -0.15) is 5.26 Å². The van der Waals surface area contributed by atoms with E-state index in [9.17, 15) is 4.79 Å². The third-order valence-corrected chi connectivity index (χ3v) is 5.23. The van der Waals surface area contributed by atoms with Crippen LogP contribution in [0.25, 0.3) is 0 Å². The molecule has 1 amide bonds. The van der Waals surface area contributed by atoms with Crippen LogP contribution in [0, 0.1) is 11.3 Å². The van der Waals surface area contributed by atoms with Crippen LogP contribution in [0.3, 0.4) is 0 Å². The highest BCUT2D eigenvalue weighted by Gasteiger charge is 2.22. The third kappa shape index (κ3) is 5.45. The molecule has 3 N–H and O–H groups in total. The Kier molecular flexibility index (Phi) is 7.25. The number of carbonyl (C=O) groups excluding carboxylic acids is 1. The quantitative estimate of drug-likeness (QED) is 0.448. The molecule has 28 heavy (non-hydrogen) atoms. The Morgan fingerprint density at radius 2 is 2.36 bits per heavy atom. The second-order valence-electron chi connectivity index (χ2n) is 6.53. The SMILES string of the molecule is N#CCN1CCC[C@@H](c2ccnc(Nc3nc(C(=O)NCCCO)cs3)n2)C1. The Morgan fingerprint density at radius 1 is 1.46 bits per heavy atom. The number of amides is 1. The zero-order valence-corrected chi connectivity index (χ0v) is 16.3. The van der Waals surface area contributed by atoms with Crippen LogP contribution in [-0.4, -0.2) is 63.7 Å². The molecule has 0 spiro atoms. The summed E-state index contributed by atoms with van der Waals surface area (Å²) in [6.45, 7) is 2.65. The monoisotopic (exact) mass is 401 g/mol. The molecule has 3 heterocycles. The molecule has 0 aliphatic carbocycles. The van der Waals surface area contributed by atoms with Crippen LogP contribution in [-0.2, 0) is 0 Å². The number of carbonyl (C=O) groups is 1. The first-order valence-corrected chi connectivity index (χ1v) is 10.1. The lowest BCUT2D eigenvalue weighted by atomic mass is 9.94. The summed E-state index contributed by atoms with van der Waals surface area (Å²) in [4.78, 5) is 27.3. The maximum absolute atomic E-state index is 12.0. The Morgan fingerprint density at radius 3 is 3.18 bits per heavy atom. The molecule has 1 saturated heterocycles. The number of aliphatic hydroxyl groups excluding tert-OH is 1. The van der Waals surface area contributed by atoms with Crippen LogP contribution in [0.2, 0.25) is 0 Å². The summed E-state index contributed by atoms with van der Waals surface area (Å²) in [6.07, 6.45) is 4.30. The highest BCUT2D eigenvalue weighted by Crippen LogP contribution is 2.26. The van der Waals surface area contributed by atoms with Crippen molar-refractivity contribution in [3.05, 3.63) is 29.0 Å². The molecule has 10 heteroatoms. The number of nitriles is 1. The molecule has 1 atom stereocenters. The first kappa shape index (κ1) is 20.1. The average molecular weight is 401 g/mol. The summed E-state index contributed by atoms with van der Waals surface area (Å²) in [5.74, 6) is 0.443. The van der Waals surface area contributed by atoms with Crippen LogP contribution in [0.1, 0.15) is 41.4 Å². The number of piperidine rings is 1. The van der Waals surface area contributed by atoms with Crippen molar-refractivity contribution in [3.63, 3.8) is 0 Å². The molecule has 2 aromatic heterocycles. The van der Waals surface area contributed by atoms with Gasteiger partial charge in [0.2, 0.25) is 5.95 Å². The summed E-state index contributed by atoms with van der Waals surface area (Å²) < 4.78 is 0. The molecule has 3 rings (SSSR count). The fraction of sp³-hybridized carbons (Fsp3) is 0.500. The van der Waals surface area contributed by atoms with Crippen LogP contribution < -0.4 is 10.6 Å². The van der Waals surface area contributed by atoms with Gasteiger partial charge in [0.1, 0.15) is 5.69 Å². The Hall–Kier alpha value is -2.61. The number of rotatable bonds is 8. The summed E-state index contributed by atoms with van der Waals surface area (Å²) in [7, 11) is 0. The highest BCUT2D eigenvalue weighted by molar-refractivity contribution is 7.14. The van der Waals surface area contributed by atoms with Gasteiger partial charge in [0.15, 0.2) is 5.13 Å². The lowest BCUT2D eigenvalue weighted by Crippen LogP contribution is -2.34. The van der Waals surface area contributed by atoms with E-state index in [0.29, 0.717) is 36.3 Å². The van der Waals surface area contributed by atoms with Gasteiger partial charge < -0.3 is 15.7 Å². The molecule has 0 saturated carbocycles. The second kappa shape index (κ2) is 10.1. The predicted molar refractivity (Wildman–Crippen MR) is 105 cm³/mol. The lowest BCUT2D eigenvalue weighted by molar-refractivity contribution is 0.0947. The number of nitrogens with one attached hydrogen (secondary N) is 2. The second-order valence-corrected chi connectivity index (χ2v) is 7.39. The first-order valence-electron chi connectivity index (χ1n) is 9.23. The number of anilines is 2. The van der Waals surface area contributed by atoms with Crippen molar-refractivity contribution in [2.75, 3.05) is 38.1 Å². The van der Waals surface area contributed by atoms with E-state index in [4.69, 9.17) is 10.4 Å². The molecule has 1 fully saturated rings. The molecule has 0 unspecified atom stereocenters. The van der Waals surface area contributed by atoms with Crippen LogP contribution in [0.4, 0.5) is 11.1 Å². The van der Waals surface area contributed by atoms with E-state index in [1.165, 1.54) is 11.3 Å². The molecule has 2 aromatic rings. The zero-order chi connectivity index (χ0) is 19.8. The number of thiazole rings is 1. The summed E-state index contributed by atoms with van der Waals surface area (Å²) in [5.41, 5.74) is 1.26. The predicted octanol–water partition coefficient (Wildman–Crippen LogP) is 1.49. The van der Waals surface area contributed by atoms with Gasteiger partial charge >= 0.3 is 0 Å². The number of hydrogen-bond donors (Lipinski definition) is 3. The van der Waals surface area contributed by atoms with E-state index in [1.54, 1.807) is 11.6 Å². The van der Waals surface area contributed by atoms with Gasteiger partial charge in [-0.3, -0.25) is 9.69 Å². The van der Waals surface area contributed by atoms with E-state index in [-0.39, 0.29) is 18.4 Å². The van der Waals surface area contributed by atoms with Crippen molar-refractivity contribution in [1.82, 2.24) is 25.2 Å². The molecule has 0 bridgehead atoms. The van der Waals surface area contributed by atoms with Gasteiger partial charge in [-0.25, -0.2) is 15.0 Å². The average Bonchev–Trinajstić information content (AvgIpc) is 3.17. The normalized spacial score (nSPS) is 17.1. The van der Waals surface area contributed by atoms with Crippen LogP contribution >= 0.6 is 11.3 Å². The molecule has 1 aliphatic heterocycles. The van der Waals surface area contributed by atoms with Gasteiger partial charge in [-0.1, -0.05) is 0 Å². The molecular weight excluding hydrogens is 378 g/mol. The van der Waals surface area contributed by atoms with Crippen molar-refractivity contribution in [1.29, 1.82) is 5.26 Å². The number of aliphatic hydroxyl groups is 1. The minimum absolute atomic E-state index is 0.0348. The lowest BCUT2D eigenvalue weighted by Gasteiger charge is -2.30. The summed E-state index contributed by atoms with van der Waals surface area (Å²) >= 11 is 1.30. The Bertz CT molecular complexity index is 835. The summed E-state index contributed by atoms with van der Waals surface area (Å²) in [5, 5.41) is 25.7. The van der Waals surface area contributed by atoms with E-state index >= 15 is 0 Å². The largest absolute Gasteiger partial charge is 0.396 e. The number of aromatic nitrogens is 3. The maximum Gasteiger partial charge on any atom is 0.270 e. The molecule has 9 nitrogen and oxygen atoms in total. The first-order chi connectivity index (χ1) is 13.7. The topological polar surface area (TPSA) is 127 Å². The molecule has 0 radical (unpaired) electrons. The molecule has 148 valence electrons. The van der Waals surface area contributed by atoms with Crippen LogP contribution in [0.5, 0.6) is 0 Å². The van der Waals surface area contributed by atoms with Crippen molar-refractivity contribution < 1.29 is 9.90 Å². The fourth-order valence-electron chi connectivity index (χ4n) is 3.10. The number of nitrogens with zero attached hydrogens (tertiary/aromatic N) is 5. The zero-order valence-electron chi connectivity index (χ0n) is 15.5. The van der Waals surface area contributed by atoms with Crippen molar-refractivity contribution in [2.45, 2.75) is 25.2 Å². The Balaban J connectivity index is 1.62. The number of likely N-dealkylation sites (tertiary alicyclic amines) is 1. The fourth-order valence-corrected chi connectivity index (χ4v) is 3.79. The Labute approximate surface area is 167 Å². The van der Waals surface area contributed by atoms with Gasteiger partial charge in [0.25, 0.3) is 5.91 Å².